The molecular weight excluding hydrogens is 160 g/mol. The van der Waals surface area contributed by atoms with Gasteiger partial charge in [0.25, 0.3) is 0 Å². The van der Waals surface area contributed by atoms with Gasteiger partial charge in [-0.3, -0.25) is 0 Å². The van der Waals surface area contributed by atoms with Gasteiger partial charge in [0.1, 0.15) is 5.78 Å². The Bertz CT molecular complexity index is 254. The van der Waals surface area contributed by atoms with E-state index in [1.807, 2.05) is 0 Å². The largest absolute Gasteiger partial charge is 0.300 e. The Morgan fingerprint density at radius 1 is 1.62 bits per heavy atom. The molecule has 1 saturated carbocycles. The molecule has 0 saturated heterocycles. The Labute approximate surface area is 80.2 Å². The second-order valence-electron chi connectivity index (χ2n) is 4.85. The lowest BCUT2D eigenvalue weighted by Gasteiger charge is -2.11. The van der Waals surface area contributed by atoms with Gasteiger partial charge in [-0.2, -0.15) is 0 Å². The number of allylic oxidation sites excluding steroid dienone is 2. The molecule has 1 fully saturated rings. The van der Waals surface area contributed by atoms with E-state index in [2.05, 4.69) is 19.1 Å². The molecule has 0 N–H and O–H groups in total. The molecule has 1 nitrogen and oxygen atoms in total. The van der Waals surface area contributed by atoms with Crippen molar-refractivity contribution in [3.63, 3.8) is 0 Å². The van der Waals surface area contributed by atoms with Gasteiger partial charge in [0, 0.05) is 6.42 Å². The molecule has 0 bridgehead atoms. The molecule has 0 aromatic heterocycles. The minimum Gasteiger partial charge on any atom is -0.300 e. The van der Waals surface area contributed by atoms with Crippen molar-refractivity contribution >= 4 is 5.78 Å². The maximum Gasteiger partial charge on any atom is 0.129 e. The summed E-state index contributed by atoms with van der Waals surface area (Å²) in [7, 11) is 0. The first-order valence-electron chi connectivity index (χ1n) is 5.31. The number of hydrogen-bond acceptors (Lipinski definition) is 1. The maximum absolute atomic E-state index is 10.9. The molecule has 0 amide bonds. The van der Waals surface area contributed by atoms with E-state index < -0.39 is 0 Å². The minimum atomic E-state index is 0.344. The van der Waals surface area contributed by atoms with E-state index in [4.69, 9.17) is 0 Å². The SMILES string of the molecule is CC(=O)CCC1C2C=CCCC21C. The van der Waals surface area contributed by atoms with Crippen molar-refractivity contribution in [1.29, 1.82) is 0 Å². The van der Waals surface area contributed by atoms with Crippen LogP contribution in [-0.2, 0) is 4.79 Å². The lowest BCUT2D eigenvalue weighted by atomic mass is 9.93. The quantitative estimate of drug-likeness (QED) is 0.607. The van der Waals surface area contributed by atoms with Crippen LogP contribution in [0.25, 0.3) is 0 Å². The first-order valence-corrected chi connectivity index (χ1v) is 5.31. The van der Waals surface area contributed by atoms with Crippen LogP contribution in [0.3, 0.4) is 0 Å². The van der Waals surface area contributed by atoms with Crippen molar-refractivity contribution in [1.82, 2.24) is 0 Å². The van der Waals surface area contributed by atoms with Crippen LogP contribution < -0.4 is 0 Å². The van der Waals surface area contributed by atoms with Gasteiger partial charge in [-0.1, -0.05) is 19.1 Å². The molecule has 3 atom stereocenters. The number of hydrogen-bond donors (Lipinski definition) is 0. The standard InChI is InChI=1S/C12H18O/c1-9(13)6-7-11-10-5-3-4-8-12(10,11)2/h3,5,10-11H,4,6-8H2,1-2H3. The number of ketones is 1. The smallest absolute Gasteiger partial charge is 0.129 e. The topological polar surface area (TPSA) is 17.1 Å². The average molecular weight is 178 g/mol. The highest BCUT2D eigenvalue weighted by Crippen LogP contribution is 2.65. The van der Waals surface area contributed by atoms with E-state index >= 15 is 0 Å². The fourth-order valence-electron chi connectivity index (χ4n) is 2.91. The normalized spacial score (nSPS) is 41.4. The summed E-state index contributed by atoms with van der Waals surface area (Å²) in [5.41, 5.74) is 0.560. The van der Waals surface area contributed by atoms with Crippen molar-refractivity contribution in [2.24, 2.45) is 17.3 Å². The molecule has 0 aromatic carbocycles. The first-order chi connectivity index (χ1) is 6.14. The van der Waals surface area contributed by atoms with E-state index in [9.17, 15) is 4.79 Å². The number of carbonyl (C=O) groups is 1. The van der Waals surface area contributed by atoms with Gasteiger partial charge in [0.15, 0.2) is 0 Å². The highest BCUT2D eigenvalue weighted by atomic mass is 16.1. The highest BCUT2D eigenvalue weighted by molar-refractivity contribution is 5.75. The summed E-state index contributed by atoms with van der Waals surface area (Å²) in [6.45, 7) is 4.08. The van der Waals surface area contributed by atoms with Crippen LogP contribution in [0.2, 0.25) is 0 Å². The molecule has 2 aliphatic carbocycles. The maximum atomic E-state index is 10.9. The monoisotopic (exact) mass is 178 g/mol. The zero-order valence-electron chi connectivity index (χ0n) is 8.55. The Kier molecular flexibility index (Phi) is 2.05. The highest BCUT2D eigenvalue weighted by Gasteiger charge is 2.58. The van der Waals surface area contributed by atoms with E-state index in [1.54, 1.807) is 6.92 Å². The summed E-state index contributed by atoms with van der Waals surface area (Å²) in [5.74, 6) is 1.94. The Morgan fingerprint density at radius 3 is 2.92 bits per heavy atom. The molecule has 1 heteroatoms. The van der Waals surface area contributed by atoms with E-state index in [0.29, 0.717) is 11.2 Å². The average Bonchev–Trinajstić information content (AvgIpc) is 2.66. The zero-order valence-corrected chi connectivity index (χ0v) is 8.55. The fraction of sp³-hybridized carbons (Fsp3) is 0.750. The van der Waals surface area contributed by atoms with Gasteiger partial charge in [-0.15, -0.1) is 0 Å². The third kappa shape index (κ3) is 1.45. The molecule has 13 heavy (non-hydrogen) atoms. The Hall–Kier alpha value is -0.590. The second kappa shape index (κ2) is 2.97. The van der Waals surface area contributed by atoms with Gasteiger partial charge in [-0.25, -0.2) is 0 Å². The summed E-state index contributed by atoms with van der Waals surface area (Å²) in [4.78, 5) is 10.9. The molecule has 0 heterocycles. The van der Waals surface area contributed by atoms with Gasteiger partial charge >= 0.3 is 0 Å². The molecule has 0 aromatic rings. The molecule has 2 aliphatic rings. The van der Waals surface area contributed by atoms with Crippen molar-refractivity contribution in [3.8, 4) is 0 Å². The van der Waals surface area contributed by atoms with Crippen LogP contribution in [0.1, 0.15) is 39.5 Å². The lowest BCUT2D eigenvalue weighted by molar-refractivity contribution is -0.117. The molecular formula is C12H18O. The Balaban J connectivity index is 1.91. The van der Waals surface area contributed by atoms with Gasteiger partial charge < -0.3 is 4.79 Å². The molecule has 0 radical (unpaired) electrons. The fourth-order valence-corrected chi connectivity index (χ4v) is 2.91. The summed E-state index contributed by atoms with van der Waals surface area (Å²) in [6, 6.07) is 0. The number of rotatable bonds is 3. The van der Waals surface area contributed by atoms with Crippen LogP contribution in [0, 0.1) is 17.3 Å². The number of Topliss-reactive ketones (excluding diaryl/α,β-unsaturated/α-hetero) is 1. The van der Waals surface area contributed by atoms with Crippen LogP contribution in [0.15, 0.2) is 12.2 Å². The minimum absolute atomic E-state index is 0.344. The number of fused-ring (bicyclic) bond motifs is 1. The van der Waals surface area contributed by atoms with Crippen molar-refractivity contribution in [2.45, 2.75) is 39.5 Å². The second-order valence-corrected chi connectivity index (χ2v) is 4.85. The van der Waals surface area contributed by atoms with Crippen molar-refractivity contribution in [3.05, 3.63) is 12.2 Å². The van der Waals surface area contributed by atoms with Crippen LogP contribution >= 0.6 is 0 Å². The summed E-state index contributed by atoms with van der Waals surface area (Å²) >= 11 is 0. The summed E-state index contributed by atoms with van der Waals surface area (Å²) < 4.78 is 0. The van der Waals surface area contributed by atoms with Crippen LogP contribution in [0.4, 0.5) is 0 Å². The molecule has 0 aliphatic heterocycles. The molecule has 3 unspecified atom stereocenters. The third-order valence-electron chi connectivity index (χ3n) is 3.93. The van der Waals surface area contributed by atoms with Crippen LogP contribution in [0.5, 0.6) is 0 Å². The zero-order chi connectivity index (χ0) is 9.47. The third-order valence-corrected chi connectivity index (χ3v) is 3.93. The van der Waals surface area contributed by atoms with Crippen molar-refractivity contribution < 1.29 is 4.79 Å². The van der Waals surface area contributed by atoms with E-state index in [0.717, 1.165) is 24.7 Å². The van der Waals surface area contributed by atoms with E-state index in [1.165, 1.54) is 12.8 Å². The van der Waals surface area contributed by atoms with E-state index in [-0.39, 0.29) is 0 Å². The van der Waals surface area contributed by atoms with Gasteiger partial charge in [0.05, 0.1) is 0 Å². The van der Waals surface area contributed by atoms with Crippen molar-refractivity contribution in [2.75, 3.05) is 0 Å². The van der Waals surface area contributed by atoms with Gasteiger partial charge in [0.2, 0.25) is 0 Å². The molecule has 72 valence electrons. The first kappa shape index (κ1) is 8.98. The molecule has 2 rings (SSSR count). The summed E-state index contributed by atoms with van der Waals surface area (Å²) in [6.07, 6.45) is 9.14. The summed E-state index contributed by atoms with van der Waals surface area (Å²) in [5, 5.41) is 0. The number of carbonyl (C=O) groups excluding carboxylic acids is 1. The van der Waals surface area contributed by atoms with Gasteiger partial charge in [-0.05, 0) is 43.4 Å². The molecule has 0 spiro atoms. The predicted octanol–water partition coefficient (Wildman–Crippen LogP) is 2.96. The predicted molar refractivity (Wildman–Crippen MR) is 53.4 cm³/mol. The Morgan fingerprint density at radius 2 is 2.38 bits per heavy atom. The van der Waals surface area contributed by atoms with Crippen LogP contribution in [-0.4, -0.2) is 5.78 Å². The lowest BCUT2D eigenvalue weighted by Crippen LogP contribution is -2.01.